The summed E-state index contributed by atoms with van der Waals surface area (Å²) in [5.41, 5.74) is -1.14. The van der Waals surface area contributed by atoms with Crippen LogP contribution in [0.25, 0.3) is 0 Å². The van der Waals surface area contributed by atoms with Crippen LogP contribution in [0.4, 0.5) is 13.2 Å². The van der Waals surface area contributed by atoms with E-state index < -0.39 is 11.9 Å². The van der Waals surface area contributed by atoms with E-state index in [0.29, 0.717) is 0 Å². The van der Waals surface area contributed by atoms with Gasteiger partial charge in [-0.2, -0.15) is 13.2 Å². The number of ether oxygens (including phenoxy) is 1. The van der Waals surface area contributed by atoms with Gasteiger partial charge in [-0.05, 0) is 19.1 Å². The van der Waals surface area contributed by atoms with Crippen LogP contribution in [0.5, 0.6) is 0 Å². The normalized spacial score (nSPS) is 9.79. The second kappa shape index (κ2) is 10.2. The molecule has 0 spiro atoms. The molecule has 0 aromatic carbocycles. The smallest absolute Gasteiger partial charge is 0.855 e. The van der Waals surface area contributed by atoms with E-state index in [4.69, 9.17) is 15.3 Å². The Morgan fingerprint density at radius 2 is 1.89 bits per heavy atom. The van der Waals surface area contributed by atoms with Gasteiger partial charge in [-0.25, -0.2) is 4.98 Å². The molecule has 0 fully saturated rings. The maximum absolute atomic E-state index is 12.2. The molecular weight excluding hydrogens is 272 g/mol. The van der Waals surface area contributed by atoms with E-state index in [2.05, 4.69) is 4.98 Å². The molecule has 0 bridgehead atoms. The molecule has 0 saturated carbocycles. The first-order valence-electron chi connectivity index (χ1n) is 5.20. The van der Waals surface area contributed by atoms with E-state index in [-0.39, 0.29) is 54.4 Å². The molecule has 1 rings (SSSR count). The van der Waals surface area contributed by atoms with E-state index in [1.807, 2.05) is 0 Å². The van der Waals surface area contributed by atoms with Crippen molar-refractivity contribution >= 4 is 5.90 Å². The summed E-state index contributed by atoms with van der Waals surface area (Å²) in [6, 6.07) is 3.34. The molecule has 4 nitrogen and oxygen atoms in total. The Bertz CT molecular complexity index is 386. The molecule has 1 aromatic rings. The number of halogens is 3. The van der Waals surface area contributed by atoms with Gasteiger partial charge >= 0.3 is 35.7 Å². The fourth-order valence-electron chi connectivity index (χ4n) is 0.937. The summed E-state index contributed by atoms with van der Waals surface area (Å²) in [7, 11) is 0. The summed E-state index contributed by atoms with van der Waals surface area (Å²) in [5.74, 6) is -0.358. The van der Waals surface area contributed by atoms with Gasteiger partial charge < -0.3 is 9.84 Å². The van der Waals surface area contributed by atoms with Crippen molar-refractivity contribution in [2.75, 3.05) is 13.2 Å². The van der Waals surface area contributed by atoms with Crippen LogP contribution in [-0.2, 0) is 10.9 Å². The Morgan fingerprint density at radius 1 is 1.37 bits per heavy atom. The third-order valence-corrected chi connectivity index (χ3v) is 1.56. The molecule has 0 aliphatic heterocycles. The van der Waals surface area contributed by atoms with Crippen LogP contribution in [-0.4, -0.2) is 24.1 Å². The number of alkyl halides is 3. The predicted octanol–water partition coefficient (Wildman–Crippen LogP) is -1.17. The fraction of sp³-hybridized carbons (Fsp3) is 0.455. The first-order chi connectivity index (χ1) is 8.36. The third-order valence-electron chi connectivity index (χ3n) is 1.56. The number of nitrogens with zero attached hydrogens (tertiary/aromatic N) is 1. The second-order valence-electron chi connectivity index (χ2n) is 2.96. The Balaban J connectivity index is 0. The van der Waals surface area contributed by atoms with Crippen LogP contribution in [0.1, 0.15) is 25.2 Å². The molecule has 0 saturated heterocycles. The number of rotatable bonds is 2. The number of hydrogen-bond donors (Lipinski definition) is 1. The maximum atomic E-state index is 12.2. The molecular formula is C11H14F3N2NaO2. The quantitative estimate of drug-likeness (QED) is 0.423. The molecule has 19 heavy (non-hydrogen) atoms. The van der Waals surface area contributed by atoms with Crippen molar-refractivity contribution in [1.29, 1.82) is 5.41 Å². The van der Waals surface area contributed by atoms with Crippen molar-refractivity contribution in [2.24, 2.45) is 0 Å². The van der Waals surface area contributed by atoms with Gasteiger partial charge in [0.05, 0.1) is 6.61 Å². The average Bonchev–Trinajstić information content (AvgIpc) is 2.29. The number of aromatic nitrogens is 1. The zero-order chi connectivity index (χ0) is 14.2. The molecule has 1 aromatic heterocycles. The standard InChI is InChI=1S/C9H9F3N2O.C2H5O.Na/c1-2-15-8(13)6-4-3-5-7(14-6)9(10,11)12;1-2-3;/h3-5,13H,2H2,1H3;2H2,1H3;/q;-1;+1. The molecule has 1 N–H and O–H groups in total. The third kappa shape index (κ3) is 8.20. The van der Waals surface area contributed by atoms with Crippen LogP contribution >= 0.6 is 0 Å². The van der Waals surface area contributed by atoms with E-state index in [0.717, 1.165) is 6.07 Å². The van der Waals surface area contributed by atoms with Crippen LogP contribution < -0.4 is 34.7 Å². The van der Waals surface area contributed by atoms with Gasteiger partial charge in [0.25, 0.3) is 0 Å². The van der Waals surface area contributed by atoms with E-state index >= 15 is 0 Å². The molecule has 102 valence electrons. The molecule has 0 aliphatic rings. The number of pyridine rings is 1. The van der Waals surface area contributed by atoms with Crippen molar-refractivity contribution in [2.45, 2.75) is 20.0 Å². The largest absolute Gasteiger partial charge is 1.00 e. The first-order valence-corrected chi connectivity index (χ1v) is 5.20. The molecule has 0 aliphatic carbocycles. The SMILES string of the molecule is CCOC(=N)c1cccc(C(F)(F)F)n1.CC[O-].[Na+]. The number of hydrogen-bond acceptors (Lipinski definition) is 4. The predicted molar refractivity (Wildman–Crippen MR) is 58.2 cm³/mol. The summed E-state index contributed by atoms with van der Waals surface area (Å²) in [6.07, 6.45) is -4.50. The van der Waals surface area contributed by atoms with E-state index in [9.17, 15) is 13.2 Å². The Labute approximate surface area is 131 Å². The van der Waals surface area contributed by atoms with Gasteiger partial charge in [0.15, 0.2) is 0 Å². The fourth-order valence-corrected chi connectivity index (χ4v) is 0.937. The van der Waals surface area contributed by atoms with Gasteiger partial charge in [-0.15, -0.1) is 6.61 Å². The summed E-state index contributed by atoms with van der Waals surface area (Å²) < 4.78 is 41.5. The monoisotopic (exact) mass is 286 g/mol. The van der Waals surface area contributed by atoms with Crippen molar-refractivity contribution in [3.63, 3.8) is 0 Å². The number of nitrogens with one attached hydrogen (secondary N) is 1. The minimum Gasteiger partial charge on any atom is -0.855 e. The molecule has 1 heterocycles. The topological polar surface area (TPSA) is 69.0 Å². The summed E-state index contributed by atoms with van der Waals surface area (Å²) in [5, 5.41) is 16.2. The maximum Gasteiger partial charge on any atom is 1.00 e. The van der Waals surface area contributed by atoms with Gasteiger partial charge in [0.1, 0.15) is 11.4 Å². The van der Waals surface area contributed by atoms with Gasteiger partial charge in [0.2, 0.25) is 5.90 Å². The van der Waals surface area contributed by atoms with Crippen molar-refractivity contribution in [1.82, 2.24) is 4.98 Å². The molecule has 0 atom stereocenters. The summed E-state index contributed by atoms with van der Waals surface area (Å²) in [6.45, 7) is 3.43. The van der Waals surface area contributed by atoms with Crippen LogP contribution in [0.2, 0.25) is 0 Å². The van der Waals surface area contributed by atoms with Crippen molar-refractivity contribution in [3.05, 3.63) is 29.6 Å². The van der Waals surface area contributed by atoms with E-state index in [1.165, 1.54) is 12.1 Å². The zero-order valence-corrected chi connectivity index (χ0v) is 13.0. The molecule has 0 amide bonds. The van der Waals surface area contributed by atoms with Crippen molar-refractivity contribution in [3.8, 4) is 0 Å². The summed E-state index contributed by atoms with van der Waals surface area (Å²) in [4.78, 5) is 3.29. The average molecular weight is 286 g/mol. The second-order valence-corrected chi connectivity index (χ2v) is 2.96. The molecule has 8 heteroatoms. The van der Waals surface area contributed by atoms with Crippen LogP contribution in [0.3, 0.4) is 0 Å². The molecule has 0 unspecified atom stereocenters. The minimum atomic E-state index is -4.50. The van der Waals surface area contributed by atoms with Crippen LogP contribution in [0.15, 0.2) is 18.2 Å². The van der Waals surface area contributed by atoms with Crippen LogP contribution in [0, 0.1) is 5.41 Å². The molecule has 0 radical (unpaired) electrons. The zero-order valence-electron chi connectivity index (χ0n) is 11.0. The van der Waals surface area contributed by atoms with Crippen molar-refractivity contribution < 1.29 is 52.6 Å². The van der Waals surface area contributed by atoms with E-state index in [1.54, 1.807) is 13.8 Å². The van der Waals surface area contributed by atoms with Gasteiger partial charge in [-0.1, -0.05) is 13.0 Å². The van der Waals surface area contributed by atoms with Gasteiger partial charge in [0, 0.05) is 0 Å². The minimum absolute atomic E-state index is 0. The Kier molecular flexibility index (Phi) is 11.1. The first kappa shape index (κ1) is 20.7. The Morgan fingerprint density at radius 3 is 2.32 bits per heavy atom. The summed E-state index contributed by atoms with van der Waals surface area (Å²) >= 11 is 0. The van der Waals surface area contributed by atoms with Gasteiger partial charge in [-0.3, -0.25) is 5.41 Å². The Hall–Kier alpha value is -0.630.